The summed E-state index contributed by atoms with van der Waals surface area (Å²) in [6, 6.07) is 25.9. The van der Waals surface area contributed by atoms with E-state index in [-0.39, 0.29) is 17.9 Å². The van der Waals surface area contributed by atoms with Gasteiger partial charge in [0, 0.05) is 42.0 Å². The van der Waals surface area contributed by atoms with Crippen molar-refractivity contribution < 1.29 is 4.79 Å². The number of hydrogen-bond acceptors (Lipinski definition) is 1. The minimum atomic E-state index is -0.00202. The second-order valence-electron chi connectivity index (χ2n) is 9.11. The highest BCUT2D eigenvalue weighted by Crippen LogP contribution is 2.35. The van der Waals surface area contributed by atoms with Gasteiger partial charge < -0.3 is 9.88 Å². The summed E-state index contributed by atoms with van der Waals surface area (Å²) in [6.45, 7) is 9.04. The summed E-state index contributed by atoms with van der Waals surface area (Å²) < 4.78 is 2.32. The van der Waals surface area contributed by atoms with E-state index in [0.717, 1.165) is 6.54 Å². The number of amides is 1. The zero-order chi connectivity index (χ0) is 22.7. The van der Waals surface area contributed by atoms with Gasteiger partial charge in [0.2, 0.25) is 5.91 Å². The molecule has 0 unspecified atom stereocenters. The zero-order valence-corrected chi connectivity index (χ0v) is 19.4. The quantitative estimate of drug-likeness (QED) is 0.368. The molecule has 32 heavy (non-hydrogen) atoms. The van der Waals surface area contributed by atoms with Crippen molar-refractivity contribution in [1.82, 2.24) is 9.88 Å². The fourth-order valence-corrected chi connectivity index (χ4v) is 4.43. The summed E-state index contributed by atoms with van der Waals surface area (Å²) in [7, 11) is 0. The molecule has 3 heteroatoms. The van der Waals surface area contributed by atoms with Crippen LogP contribution < -0.4 is 5.32 Å². The van der Waals surface area contributed by atoms with Crippen molar-refractivity contribution >= 4 is 16.8 Å². The Morgan fingerprint density at radius 2 is 1.66 bits per heavy atom. The Kier molecular flexibility index (Phi) is 6.45. The first-order valence-electron chi connectivity index (χ1n) is 11.4. The van der Waals surface area contributed by atoms with Crippen LogP contribution in [0.3, 0.4) is 0 Å². The van der Waals surface area contributed by atoms with Crippen molar-refractivity contribution in [2.45, 2.75) is 52.6 Å². The lowest BCUT2D eigenvalue weighted by Crippen LogP contribution is -2.31. The molecule has 1 aromatic heterocycles. The molecule has 1 N–H and O–H groups in total. The standard InChI is InChI=1S/C29H32N2O/c1-20(2)30-29(32)17-26(24-9-7-8-22(4)16-24)27-19-31(28-11-6-5-10-25(27)28)18-23-14-12-21(3)13-15-23/h5-16,19-20,26H,17-18H2,1-4H3,(H,30,32)/t26-/m1/s1. The number of benzene rings is 3. The van der Waals surface area contributed by atoms with E-state index in [4.69, 9.17) is 0 Å². The number of nitrogens with one attached hydrogen (secondary N) is 1. The van der Waals surface area contributed by atoms with E-state index >= 15 is 0 Å². The number of rotatable bonds is 7. The Bertz CT molecular complexity index is 1220. The minimum absolute atomic E-state index is 0.00202. The van der Waals surface area contributed by atoms with E-state index in [9.17, 15) is 4.79 Å². The molecule has 0 saturated heterocycles. The van der Waals surface area contributed by atoms with Gasteiger partial charge in [-0.25, -0.2) is 0 Å². The van der Waals surface area contributed by atoms with Crippen LogP contribution in [-0.2, 0) is 11.3 Å². The minimum Gasteiger partial charge on any atom is -0.354 e. The second kappa shape index (κ2) is 9.44. The average molecular weight is 425 g/mol. The van der Waals surface area contributed by atoms with Crippen LogP contribution in [0, 0.1) is 13.8 Å². The summed E-state index contributed by atoms with van der Waals surface area (Å²) in [5, 5.41) is 4.29. The Labute approximate surface area is 191 Å². The number of carbonyl (C=O) groups is 1. The highest BCUT2D eigenvalue weighted by molar-refractivity contribution is 5.87. The van der Waals surface area contributed by atoms with E-state index in [1.165, 1.54) is 38.7 Å². The number of carbonyl (C=O) groups excluding carboxylic acids is 1. The Balaban J connectivity index is 1.79. The van der Waals surface area contributed by atoms with Gasteiger partial charge in [0.05, 0.1) is 0 Å². The van der Waals surface area contributed by atoms with E-state index < -0.39 is 0 Å². The predicted molar refractivity (Wildman–Crippen MR) is 133 cm³/mol. The van der Waals surface area contributed by atoms with Gasteiger partial charge in [-0.15, -0.1) is 0 Å². The van der Waals surface area contributed by atoms with Gasteiger partial charge in [-0.3, -0.25) is 4.79 Å². The largest absolute Gasteiger partial charge is 0.354 e. The molecular formula is C29H32N2O. The van der Waals surface area contributed by atoms with Crippen LogP contribution in [-0.4, -0.2) is 16.5 Å². The van der Waals surface area contributed by atoms with Gasteiger partial charge in [-0.2, -0.15) is 0 Å². The summed E-state index contributed by atoms with van der Waals surface area (Å²) in [5.41, 5.74) is 7.33. The van der Waals surface area contributed by atoms with Gasteiger partial charge in [0.25, 0.3) is 0 Å². The van der Waals surface area contributed by atoms with Crippen molar-refractivity contribution in [3.8, 4) is 0 Å². The van der Waals surface area contributed by atoms with Crippen LogP contribution >= 0.6 is 0 Å². The monoisotopic (exact) mass is 424 g/mol. The topological polar surface area (TPSA) is 34.0 Å². The van der Waals surface area contributed by atoms with E-state index in [2.05, 4.69) is 103 Å². The van der Waals surface area contributed by atoms with Crippen molar-refractivity contribution in [2.24, 2.45) is 0 Å². The molecule has 3 aromatic carbocycles. The number of nitrogens with zero attached hydrogens (tertiary/aromatic N) is 1. The normalized spacial score (nSPS) is 12.3. The molecule has 1 heterocycles. The zero-order valence-electron chi connectivity index (χ0n) is 19.4. The maximum absolute atomic E-state index is 12.8. The van der Waals surface area contributed by atoms with E-state index in [1.54, 1.807) is 0 Å². The third-order valence-corrected chi connectivity index (χ3v) is 5.95. The van der Waals surface area contributed by atoms with Gasteiger partial charge >= 0.3 is 0 Å². The van der Waals surface area contributed by atoms with Crippen LogP contribution in [0.25, 0.3) is 10.9 Å². The predicted octanol–water partition coefficient (Wildman–Crippen LogP) is 6.35. The molecule has 1 atom stereocenters. The number of fused-ring (bicyclic) bond motifs is 1. The van der Waals surface area contributed by atoms with Crippen LogP contribution in [0.4, 0.5) is 0 Å². The molecule has 0 fully saturated rings. The highest BCUT2D eigenvalue weighted by Gasteiger charge is 2.23. The molecule has 0 radical (unpaired) electrons. The molecule has 4 aromatic rings. The van der Waals surface area contributed by atoms with Crippen molar-refractivity contribution in [1.29, 1.82) is 0 Å². The fraction of sp³-hybridized carbons (Fsp3) is 0.276. The van der Waals surface area contributed by atoms with Crippen molar-refractivity contribution in [3.63, 3.8) is 0 Å². The van der Waals surface area contributed by atoms with Gasteiger partial charge in [-0.05, 0) is 50.5 Å². The van der Waals surface area contributed by atoms with Crippen molar-refractivity contribution in [3.05, 3.63) is 107 Å². The SMILES string of the molecule is Cc1ccc(Cn2cc([C@H](CC(=O)NC(C)C)c3cccc(C)c3)c3ccccc32)cc1. The Hall–Kier alpha value is -3.33. The Morgan fingerprint density at radius 3 is 2.38 bits per heavy atom. The molecule has 0 bridgehead atoms. The van der Waals surface area contributed by atoms with Crippen LogP contribution in [0.5, 0.6) is 0 Å². The first kappa shape index (κ1) is 21.9. The summed E-state index contributed by atoms with van der Waals surface area (Å²) in [6.07, 6.45) is 2.68. The maximum atomic E-state index is 12.8. The molecule has 4 rings (SSSR count). The average Bonchev–Trinajstić information content (AvgIpc) is 3.11. The van der Waals surface area contributed by atoms with E-state index in [0.29, 0.717) is 6.42 Å². The number of hydrogen-bond donors (Lipinski definition) is 1. The first-order chi connectivity index (χ1) is 15.4. The van der Waals surface area contributed by atoms with Crippen molar-refractivity contribution in [2.75, 3.05) is 0 Å². The Morgan fingerprint density at radius 1 is 0.906 bits per heavy atom. The lowest BCUT2D eigenvalue weighted by Gasteiger charge is -2.19. The molecule has 164 valence electrons. The number of para-hydroxylation sites is 1. The third-order valence-electron chi connectivity index (χ3n) is 5.95. The molecule has 0 spiro atoms. The molecular weight excluding hydrogens is 392 g/mol. The molecule has 0 aliphatic rings. The van der Waals surface area contributed by atoms with Crippen LogP contribution in [0.2, 0.25) is 0 Å². The van der Waals surface area contributed by atoms with Gasteiger partial charge in [0.1, 0.15) is 0 Å². The summed E-state index contributed by atoms with van der Waals surface area (Å²) in [5.74, 6) is 0.0830. The number of aryl methyl sites for hydroxylation is 2. The first-order valence-corrected chi connectivity index (χ1v) is 11.4. The summed E-state index contributed by atoms with van der Waals surface area (Å²) >= 11 is 0. The summed E-state index contributed by atoms with van der Waals surface area (Å²) in [4.78, 5) is 12.8. The lowest BCUT2D eigenvalue weighted by atomic mass is 9.87. The maximum Gasteiger partial charge on any atom is 0.221 e. The van der Waals surface area contributed by atoms with E-state index in [1.807, 2.05) is 13.8 Å². The molecule has 0 aliphatic heterocycles. The van der Waals surface area contributed by atoms with Crippen LogP contribution in [0.1, 0.15) is 54.0 Å². The van der Waals surface area contributed by atoms with Gasteiger partial charge in [-0.1, -0.05) is 77.9 Å². The van der Waals surface area contributed by atoms with Gasteiger partial charge in [0.15, 0.2) is 0 Å². The highest BCUT2D eigenvalue weighted by atomic mass is 16.1. The van der Waals surface area contributed by atoms with Crippen LogP contribution in [0.15, 0.2) is 79.0 Å². The molecule has 0 saturated carbocycles. The number of aromatic nitrogens is 1. The third kappa shape index (κ3) is 4.94. The molecule has 3 nitrogen and oxygen atoms in total. The lowest BCUT2D eigenvalue weighted by molar-refractivity contribution is -0.121. The molecule has 0 aliphatic carbocycles. The second-order valence-corrected chi connectivity index (χ2v) is 9.11. The fourth-order valence-electron chi connectivity index (χ4n) is 4.43. The molecule has 1 amide bonds. The smallest absolute Gasteiger partial charge is 0.221 e.